The quantitative estimate of drug-likeness (QED) is 0.867. The van der Waals surface area contributed by atoms with Crippen LogP contribution in [0.25, 0.3) is 0 Å². The van der Waals surface area contributed by atoms with Crippen LogP contribution in [-0.4, -0.2) is 67.6 Å². The van der Waals surface area contributed by atoms with Crippen LogP contribution in [0.1, 0.15) is 18.4 Å². The molecule has 2 saturated heterocycles. The van der Waals surface area contributed by atoms with Gasteiger partial charge in [-0.15, -0.1) is 0 Å². The number of aryl methyl sites for hydroxylation is 1. The molecule has 3 heterocycles. The Hall–Kier alpha value is -2.15. The number of piperidine rings is 1. The standard InChI is InChI=1S/C18H26N4O3/c1-13-3-4-16(20-11-13)21-7-5-14(6-8-21)18(24)22-9-10-25-15(12-22)17(23)19-2/h3-4,11,14-15H,5-10,12H2,1-2H3,(H,19,23). The normalized spacial score (nSPS) is 21.9. The number of morpholine rings is 1. The monoisotopic (exact) mass is 346 g/mol. The molecule has 0 saturated carbocycles. The van der Waals surface area contributed by atoms with Gasteiger partial charge in [-0.1, -0.05) is 6.07 Å². The second kappa shape index (κ2) is 7.82. The Morgan fingerprint density at radius 2 is 2.00 bits per heavy atom. The van der Waals surface area contributed by atoms with Gasteiger partial charge in [0.15, 0.2) is 6.10 Å². The largest absolute Gasteiger partial charge is 0.365 e. The van der Waals surface area contributed by atoms with Gasteiger partial charge in [-0.3, -0.25) is 9.59 Å². The smallest absolute Gasteiger partial charge is 0.250 e. The van der Waals surface area contributed by atoms with Gasteiger partial charge in [0.05, 0.1) is 13.2 Å². The summed E-state index contributed by atoms with van der Waals surface area (Å²) in [5, 5.41) is 2.59. The number of amides is 2. The highest BCUT2D eigenvalue weighted by Gasteiger charge is 2.33. The molecule has 2 aliphatic heterocycles. The lowest BCUT2D eigenvalue weighted by molar-refractivity contribution is -0.150. The first-order valence-electron chi connectivity index (χ1n) is 8.88. The predicted molar refractivity (Wildman–Crippen MR) is 94.3 cm³/mol. The highest BCUT2D eigenvalue weighted by Crippen LogP contribution is 2.24. The number of ether oxygens (including phenoxy) is 1. The van der Waals surface area contributed by atoms with Crippen molar-refractivity contribution in [3.8, 4) is 0 Å². The van der Waals surface area contributed by atoms with Crippen LogP contribution >= 0.6 is 0 Å². The van der Waals surface area contributed by atoms with Crippen LogP contribution in [0.5, 0.6) is 0 Å². The number of hydrogen-bond donors (Lipinski definition) is 1. The van der Waals surface area contributed by atoms with Crippen LogP contribution in [0.15, 0.2) is 18.3 Å². The summed E-state index contributed by atoms with van der Waals surface area (Å²) in [5.41, 5.74) is 1.15. The van der Waals surface area contributed by atoms with Crippen LogP contribution in [0.3, 0.4) is 0 Å². The average Bonchev–Trinajstić information content (AvgIpc) is 2.67. The van der Waals surface area contributed by atoms with Gasteiger partial charge in [0.2, 0.25) is 5.91 Å². The Bertz CT molecular complexity index is 611. The van der Waals surface area contributed by atoms with E-state index in [0.717, 1.165) is 37.3 Å². The van der Waals surface area contributed by atoms with Crippen molar-refractivity contribution in [2.45, 2.75) is 25.9 Å². The van der Waals surface area contributed by atoms with Crippen molar-refractivity contribution in [2.75, 3.05) is 44.7 Å². The summed E-state index contributed by atoms with van der Waals surface area (Å²) in [5.74, 6) is 0.971. The van der Waals surface area contributed by atoms with E-state index >= 15 is 0 Å². The van der Waals surface area contributed by atoms with E-state index in [0.29, 0.717) is 19.7 Å². The number of likely N-dealkylation sites (N-methyl/N-ethyl adjacent to an activating group) is 1. The summed E-state index contributed by atoms with van der Waals surface area (Å²) in [7, 11) is 1.58. The molecular formula is C18H26N4O3. The molecular weight excluding hydrogens is 320 g/mol. The van der Waals surface area contributed by atoms with Gasteiger partial charge in [0.25, 0.3) is 5.91 Å². The summed E-state index contributed by atoms with van der Waals surface area (Å²) in [6.07, 6.45) is 2.95. The zero-order valence-corrected chi connectivity index (χ0v) is 14.9. The summed E-state index contributed by atoms with van der Waals surface area (Å²) in [4.78, 5) is 33.0. The van der Waals surface area contributed by atoms with Gasteiger partial charge in [0, 0.05) is 38.8 Å². The number of carbonyl (C=O) groups excluding carboxylic acids is 2. The van der Waals surface area contributed by atoms with Gasteiger partial charge in [-0.05, 0) is 31.4 Å². The third-order valence-corrected chi connectivity index (χ3v) is 4.98. The first-order chi connectivity index (χ1) is 12.1. The number of nitrogens with one attached hydrogen (secondary N) is 1. The predicted octanol–water partition coefficient (Wildman–Crippen LogP) is 0.580. The molecule has 3 rings (SSSR count). The molecule has 1 atom stereocenters. The third-order valence-electron chi connectivity index (χ3n) is 4.98. The highest BCUT2D eigenvalue weighted by molar-refractivity contribution is 5.83. The summed E-state index contributed by atoms with van der Waals surface area (Å²) >= 11 is 0. The molecule has 1 N–H and O–H groups in total. The lowest BCUT2D eigenvalue weighted by atomic mass is 9.95. The maximum absolute atomic E-state index is 12.8. The molecule has 1 aromatic rings. The number of rotatable bonds is 3. The van der Waals surface area contributed by atoms with Crippen LogP contribution in [0.2, 0.25) is 0 Å². The van der Waals surface area contributed by atoms with Gasteiger partial charge in [-0.25, -0.2) is 4.98 Å². The molecule has 25 heavy (non-hydrogen) atoms. The summed E-state index contributed by atoms with van der Waals surface area (Å²) < 4.78 is 5.46. The summed E-state index contributed by atoms with van der Waals surface area (Å²) in [6.45, 7) is 5.00. The molecule has 136 valence electrons. The number of carbonyl (C=O) groups is 2. The second-order valence-electron chi connectivity index (χ2n) is 6.71. The fourth-order valence-corrected chi connectivity index (χ4v) is 3.43. The van der Waals surface area contributed by atoms with Crippen molar-refractivity contribution in [1.29, 1.82) is 0 Å². The van der Waals surface area contributed by atoms with Crippen molar-refractivity contribution < 1.29 is 14.3 Å². The van der Waals surface area contributed by atoms with E-state index in [2.05, 4.69) is 21.3 Å². The van der Waals surface area contributed by atoms with E-state index in [1.54, 1.807) is 11.9 Å². The third kappa shape index (κ3) is 4.10. The maximum Gasteiger partial charge on any atom is 0.250 e. The van der Waals surface area contributed by atoms with Crippen molar-refractivity contribution in [1.82, 2.24) is 15.2 Å². The van der Waals surface area contributed by atoms with Gasteiger partial charge < -0.3 is 19.9 Å². The van der Waals surface area contributed by atoms with Gasteiger partial charge in [-0.2, -0.15) is 0 Å². The lowest BCUT2D eigenvalue weighted by Crippen LogP contribution is -2.53. The Labute approximate surface area is 148 Å². The second-order valence-corrected chi connectivity index (χ2v) is 6.71. The van der Waals surface area contributed by atoms with Crippen molar-refractivity contribution in [3.05, 3.63) is 23.9 Å². The van der Waals surface area contributed by atoms with E-state index in [1.165, 1.54) is 0 Å². The lowest BCUT2D eigenvalue weighted by Gasteiger charge is -2.37. The molecule has 1 aromatic heterocycles. The molecule has 1 unspecified atom stereocenters. The Kier molecular flexibility index (Phi) is 5.53. The SMILES string of the molecule is CNC(=O)C1CN(C(=O)C2CCN(c3ccc(C)cn3)CC2)CCO1. The van der Waals surface area contributed by atoms with Crippen LogP contribution < -0.4 is 10.2 Å². The Balaban J connectivity index is 1.54. The average molecular weight is 346 g/mol. The summed E-state index contributed by atoms with van der Waals surface area (Å²) in [6, 6.07) is 4.10. The topological polar surface area (TPSA) is 74.8 Å². The number of anilines is 1. The number of nitrogens with zero attached hydrogens (tertiary/aromatic N) is 3. The first-order valence-corrected chi connectivity index (χ1v) is 8.88. The number of aromatic nitrogens is 1. The minimum atomic E-state index is -0.556. The highest BCUT2D eigenvalue weighted by atomic mass is 16.5. The van der Waals surface area contributed by atoms with Gasteiger partial charge in [0.1, 0.15) is 5.82 Å². The Morgan fingerprint density at radius 1 is 1.24 bits per heavy atom. The van der Waals surface area contributed by atoms with E-state index < -0.39 is 6.10 Å². The van der Waals surface area contributed by atoms with E-state index in [9.17, 15) is 9.59 Å². The minimum absolute atomic E-state index is 0.0186. The van der Waals surface area contributed by atoms with Crippen LogP contribution in [0.4, 0.5) is 5.82 Å². The van der Waals surface area contributed by atoms with E-state index in [4.69, 9.17) is 4.74 Å². The van der Waals surface area contributed by atoms with Gasteiger partial charge >= 0.3 is 0 Å². The van der Waals surface area contributed by atoms with Crippen LogP contribution in [0, 0.1) is 12.8 Å². The zero-order valence-electron chi connectivity index (χ0n) is 14.9. The van der Waals surface area contributed by atoms with Crippen molar-refractivity contribution >= 4 is 17.6 Å². The molecule has 7 nitrogen and oxygen atoms in total. The number of pyridine rings is 1. The molecule has 2 fully saturated rings. The molecule has 0 bridgehead atoms. The van der Waals surface area contributed by atoms with Crippen molar-refractivity contribution in [2.24, 2.45) is 5.92 Å². The number of hydrogen-bond acceptors (Lipinski definition) is 5. The molecule has 0 radical (unpaired) electrons. The maximum atomic E-state index is 12.8. The Morgan fingerprint density at radius 3 is 2.64 bits per heavy atom. The molecule has 7 heteroatoms. The molecule has 0 aromatic carbocycles. The molecule has 0 aliphatic carbocycles. The zero-order chi connectivity index (χ0) is 17.8. The van der Waals surface area contributed by atoms with Crippen LogP contribution in [-0.2, 0) is 14.3 Å². The van der Waals surface area contributed by atoms with Crippen molar-refractivity contribution in [3.63, 3.8) is 0 Å². The van der Waals surface area contributed by atoms with E-state index in [-0.39, 0.29) is 17.7 Å². The molecule has 2 amide bonds. The molecule has 2 aliphatic rings. The first kappa shape index (κ1) is 17.7. The van der Waals surface area contributed by atoms with E-state index in [1.807, 2.05) is 19.2 Å². The fourth-order valence-electron chi connectivity index (χ4n) is 3.43. The fraction of sp³-hybridized carbons (Fsp3) is 0.611. The minimum Gasteiger partial charge on any atom is -0.365 e. The molecule has 0 spiro atoms.